The first-order chi connectivity index (χ1) is 12.5. The van der Waals surface area contributed by atoms with Gasteiger partial charge in [0.15, 0.2) is 0 Å². The summed E-state index contributed by atoms with van der Waals surface area (Å²) in [6.45, 7) is 0. The number of hydrogen-bond acceptors (Lipinski definition) is 4. The Balaban J connectivity index is 1.84. The largest absolute Gasteiger partial charge is 0.478 e. The summed E-state index contributed by atoms with van der Waals surface area (Å²) in [6, 6.07) is 6.26. The number of carboxylic acids is 1. The van der Waals surface area contributed by atoms with Crippen molar-refractivity contribution in [3.63, 3.8) is 0 Å². The van der Waals surface area contributed by atoms with E-state index in [1.165, 1.54) is 18.6 Å². The second kappa shape index (κ2) is 9.36. The third-order valence-corrected chi connectivity index (χ3v) is 4.07. The van der Waals surface area contributed by atoms with E-state index in [9.17, 15) is 19.2 Å². The maximum absolute atomic E-state index is 12.2. The number of anilines is 1. The van der Waals surface area contributed by atoms with Crippen LogP contribution in [0.4, 0.5) is 5.69 Å². The van der Waals surface area contributed by atoms with Gasteiger partial charge in [-0.1, -0.05) is 19.3 Å². The van der Waals surface area contributed by atoms with Crippen LogP contribution in [0, 0.1) is 5.92 Å². The Morgan fingerprint density at radius 1 is 0.923 bits per heavy atom. The molecule has 3 amide bonds. The minimum Gasteiger partial charge on any atom is -0.478 e. The number of rotatable bonds is 5. The molecule has 0 bridgehead atoms. The van der Waals surface area contributed by atoms with Gasteiger partial charge in [0.2, 0.25) is 5.91 Å². The number of carboxylic acid groups (broad SMARTS) is 1. The Morgan fingerprint density at radius 3 is 2.19 bits per heavy atom. The summed E-state index contributed by atoms with van der Waals surface area (Å²) >= 11 is 0. The number of hydrogen-bond donors (Lipinski definition) is 4. The lowest BCUT2D eigenvalue weighted by molar-refractivity contribution is -0.131. The van der Waals surface area contributed by atoms with E-state index in [2.05, 4.69) is 16.2 Å². The SMILES string of the molecule is O=C(O)/C=C/C(=O)NNC(=O)c1ccc(NC(=O)C2CCCCC2)cc1. The van der Waals surface area contributed by atoms with Gasteiger partial charge in [-0.2, -0.15) is 0 Å². The first-order valence-corrected chi connectivity index (χ1v) is 8.38. The molecule has 2 rings (SSSR count). The maximum atomic E-state index is 12.2. The van der Waals surface area contributed by atoms with E-state index in [0.717, 1.165) is 31.8 Å². The summed E-state index contributed by atoms with van der Waals surface area (Å²) in [7, 11) is 0. The Bertz CT molecular complexity index is 706. The van der Waals surface area contributed by atoms with Crippen LogP contribution >= 0.6 is 0 Å². The van der Waals surface area contributed by atoms with E-state index < -0.39 is 17.8 Å². The van der Waals surface area contributed by atoms with Crippen LogP contribution in [-0.2, 0) is 14.4 Å². The van der Waals surface area contributed by atoms with Gasteiger partial charge in [-0.05, 0) is 37.1 Å². The first-order valence-electron chi connectivity index (χ1n) is 8.38. The molecule has 0 aromatic heterocycles. The number of amides is 3. The highest BCUT2D eigenvalue weighted by atomic mass is 16.4. The second-order valence-electron chi connectivity index (χ2n) is 6.02. The van der Waals surface area contributed by atoms with Crippen molar-refractivity contribution in [2.75, 3.05) is 5.32 Å². The number of nitrogens with one attached hydrogen (secondary N) is 3. The summed E-state index contributed by atoms with van der Waals surface area (Å²) in [5.74, 6) is -2.55. The van der Waals surface area contributed by atoms with Gasteiger partial charge in [0.05, 0.1) is 0 Å². The molecule has 138 valence electrons. The average molecular weight is 359 g/mol. The van der Waals surface area contributed by atoms with Gasteiger partial charge in [-0.25, -0.2) is 4.79 Å². The van der Waals surface area contributed by atoms with Crippen LogP contribution in [0.1, 0.15) is 42.5 Å². The van der Waals surface area contributed by atoms with Gasteiger partial charge in [-0.15, -0.1) is 0 Å². The third-order valence-electron chi connectivity index (χ3n) is 4.07. The monoisotopic (exact) mass is 359 g/mol. The molecule has 0 saturated heterocycles. The summed E-state index contributed by atoms with van der Waals surface area (Å²) in [5, 5.41) is 11.3. The minimum absolute atomic E-state index is 0.000572. The lowest BCUT2D eigenvalue weighted by Gasteiger charge is -2.20. The van der Waals surface area contributed by atoms with Gasteiger partial charge < -0.3 is 10.4 Å². The van der Waals surface area contributed by atoms with Gasteiger partial charge in [0, 0.05) is 29.3 Å². The lowest BCUT2D eigenvalue weighted by atomic mass is 9.88. The molecular weight excluding hydrogens is 338 g/mol. The van der Waals surface area contributed by atoms with E-state index in [1.807, 2.05) is 0 Å². The first kappa shape index (κ1) is 19.2. The molecule has 1 saturated carbocycles. The highest BCUT2D eigenvalue weighted by Gasteiger charge is 2.21. The van der Waals surface area contributed by atoms with Crippen LogP contribution < -0.4 is 16.2 Å². The second-order valence-corrected chi connectivity index (χ2v) is 6.02. The van der Waals surface area contributed by atoms with Crippen molar-refractivity contribution in [3.8, 4) is 0 Å². The normalized spacial score (nSPS) is 14.6. The Morgan fingerprint density at radius 2 is 1.58 bits per heavy atom. The molecule has 0 aliphatic heterocycles. The minimum atomic E-state index is -1.27. The molecule has 4 N–H and O–H groups in total. The molecule has 0 unspecified atom stereocenters. The van der Waals surface area contributed by atoms with Crippen LogP contribution in [-0.4, -0.2) is 28.8 Å². The zero-order chi connectivity index (χ0) is 18.9. The van der Waals surface area contributed by atoms with Gasteiger partial charge in [0.1, 0.15) is 0 Å². The molecule has 1 aliphatic rings. The molecule has 0 radical (unpaired) electrons. The summed E-state index contributed by atoms with van der Waals surface area (Å²) < 4.78 is 0. The fraction of sp³-hybridized carbons (Fsp3) is 0.333. The smallest absolute Gasteiger partial charge is 0.328 e. The summed E-state index contributed by atoms with van der Waals surface area (Å²) in [4.78, 5) is 45.7. The van der Waals surface area contributed by atoms with Gasteiger partial charge in [0.25, 0.3) is 11.8 Å². The van der Waals surface area contributed by atoms with Crippen LogP contribution in [0.15, 0.2) is 36.4 Å². The van der Waals surface area contributed by atoms with Gasteiger partial charge in [-0.3, -0.25) is 25.2 Å². The number of aliphatic carboxylic acids is 1. The standard InChI is InChI=1S/C18H21N3O5/c22-15(10-11-16(23)24)20-21-18(26)13-6-8-14(9-7-13)19-17(25)12-4-2-1-3-5-12/h6-12H,1-5H2,(H,19,25)(H,20,22)(H,21,26)(H,23,24)/b11-10+. The molecule has 8 heteroatoms. The number of carbonyl (C=O) groups is 4. The van der Waals surface area contributed by atoms with Crippen molar-refractivity contribution < 1.29 is 24.3 Å². The molecule has 8 nitrogen and oxygen atoms in total. The zero-order valence-electron chi connectivity index (χ0n) is 14.2. The summed E-state index contributed by atoms with van der Waals surface area (Å²) in [5.41, 5.74) is 5.12. The predicted molar refractivity (Wildman–Crippen MR) is 94.0 cm³/mol. The van der Waals surface area contributed by atoms with Crippen LogP contribution in [0.3, 0.4) is 0 Å². The van der Waals surface area contributed by atoms with Crippen molar-refractivity contribution in [1.82, 2.24) is 10.9 Å². The van der Waals surface area contributed by atoms with Crippen LogP contribution in [0.2, 0.25) is 0 Å². The van der Waals surface area contributed by atoms with Crippen molar-refractivity contribution >= 4 is 29.4 Å². The molecule has 0 atom stereocenters. The Kier molecular flexibility index (Phi) is 6.90. The highest BCUT2D eigenvalue weighted by molar-refractivity contribution is 5.99. The fourth-order valence-electron chi connectivity index (χ4n) is 2.69. The number of carbonyl (C=O) groups excluding carboxylic acids is 3. The highest BCUT2D eigenvalue weighted by Crippen LogP contribution is 2.25. The summed E-state index contributed by atoms with van der Waals surface area (Å²) in [6.07, 6.45) is 6.58. The molecule has 1 aromatic carbocycles. The van der Waals surface area contributed by atoms with E-state index in [4.69, 9.17) is 5.11 Å². The van der Waals surface area contributed by atoms with Crippen LogP contribution in [0.5, 0.6) is 0 Å². The zero-order valence-corrected chi connectivity index (χ0v) is 14.2. The average Bonchev–Trinajstić information content (AvgIpc) is 2.65. The van der Waals surface area contributed by atoms with Crippen molar-refractivity contribution in [2.45, 2.75) is 32.1 Å². The predicted octanol–water partition coefficient (Wildman–Crippen LogP) is 1.61. The molecule has 1 aromatic rings. The van der Waals surface area contributed by atoms with Crippen molar-refractivity contribution in [3.05, 3.63) is 42.0 Å². The molecule has 1 fully saturated rings. The number of benzene rings is 1. The third kappa shape index (κ3) is 6.04. The Labute approximate surface area is 150 Å². The topological polar surface area (TPSA) is 125 Å². The van der Waals surface area contributed by atoms with E-state index in [0.29, 0.717) is 11.8 Å². The molecule has 1 aliphatic carbocycles. The molecule has 26 heavy (non-hydrogen) atoms. The Hall–Kier alpha value is -3.16. The fourth-order valence-corrected chi connectivity index (χ4v) is 2.69. The quantitative estimate of drug-likeness (QED) is 0.469. The van der Waals surface area contributed by atoms with E-state index >= 15 is 0 Å². The molecule has 0 spiro atoms. The van der Waals surface area contributed by atoms with Crippen molar-refractivity contribution in [2.24, 2.45) is 5.92 Å². The lowest BCUT2D eigenvalue weighted by Crippen LogP contribution is -2.40. The van der Waals surface area contributed by atoms with Crippen molar-refractivity contribution in [1.29, 1.82) is 0 Å². The molecule has 0 heterocycles. The van der Waals surface area contributed by atoms with E-state index in [-0.39, 0.29) is 17.4 Å². The van der Waals surface area contributed by atoms with E-state index in [1.54, 1.807) is 12.1 Å². The maximum Gasteiger partial charge on any atom is 0.328 e. The van der Waals surface area contributed by atoms with Gasteiger partial charge >= 0.3 is 5.97 Å². The van der Waals surface area contributed by atoms with Crippen LogP contribution in [0.25, 0.3) is 0 Å². The molecular formula is C18H21N3O5. The number of hydrazine groups is 1.